The largest absolute Gasteiger partial charge is 0.494 e. The molecule has 1 aromatic carbocycles. The minimum Gasteiger partial charge on any atom is -0.494 e. The van der Waals surface area contributed by atoms with Crippen molar-refractivity contribution < 1.29 is 4.74 Å². The second-order valence-corrected chi connectivity index (χ2v) is 3.86. The van der Waals surface area contributed by atoms with Gasteiger partial charge in [-0.2, -0.15) is 5.10 Å². The summed E-state index contributed by atoms with van der Waals surface area (Å²) in [6.45, 7) is 5.58. The highest BCUT2D eigenvalue weighted by Gasteiger charge is 2.15. The fraction of sp³-hybridized carbons (Fsp3) is 0.385. The number of nitrogens with one attached hydrogen (secondary N) is 2. The smallest absolute Gasteiger partial charge is 0.145 e. The van der Waals surface area contributed by atoms with Gasteiger partial charge >= 0.3 is 0 Å². The summed E-state index contributed by atoms with van der Waals surface area (Å²) in [5.41, 5.74) is 1.14. The van der Waals surface area contributed by atoms with Gasteiger partial charge < -0.3 is 10.1 Å². The summed E-state index contributed by atoms with van der Waals surface area (Å²) in [7, 11) is 0. The third kappa shape index (κ3) is 2.87. The lowest BCUT2D eigenvalue weighted by molar-refractivity contribution is 0.340. The Morgan fingerprint density at radius 1 is 1.28 bits per heavy atom. The van der Waals surface area contributed by atoms with Crippen LogP contribution in [0.4, 0.5) is 0 Å². The Kier molecular flexibility index (Phi) is 4.30. The van der Waals surface area contributed by atoms with Crippen LogP contribution in [0.5, 0.6) is 5.75 Å². The van der Waals surface area contributed by atoms with Gasteiger partial charge in [-0.3, -0.25) is 5.10 Å². The Bertz CT molecular complexity index is 452. The zero-order valence-corrected chi connectivity index (χ0v) is 10.7. The molecule has 0 fully saturated rings. The van der Waals surface area contributed by atoms with Crippen LogP contribution in [0.3, 0.4) is 0 Å². The molecule has 0 bridgehead atoms. The lowest BCUT2D eigenvalue weighted by atomic mass is 10.1. The molecule has 5 heteroatoms. The van der Waals surface area contributed by atoms with Crippen molar-refractivity contribution in [2.45, 2.75) is 19.9 Å². The first-order valence-corrected chi connectivity index (χ1v) is 6.16. The molecule has 1 atom stereocenters. The maximum absolute atomic E-state index is 5.44. The Labute approximate surface area is 107 Å². The molecular formula is C13H18N4O. The molecule has 0 amide bonds. The number of H-pyrrole nitrogens is 1. The monoisotopic (exact) mass is 246 g/mol. The first kappa shape index (κ1) is 12.6. The van der Waals surface area contributed by atoms with Crippen LogP contribution in [0, 0.1) is 0 Å². The lowest BCUT2D eigenvalue weighted by Crippen LogP contribution is -2.23. The summed E-state index contributed by atoms with van der Waals surface area (Å²) in [5, 5.41) is 10.2. The number of benzene rings is 1. The summed E-state index contributed by atoms with van der Waals surface area (Å²) in [6, 6.07) is 8.06. The second kappa shape index (κ2) is 6.16. The highest BCUT2D eigenvalue weighted by molar-refractivity contribution is 5.31. The summed E-state index contributed by atoms with van der Waals surface area (Å²) >= 11 is 0. The molecule has 2 aromatic rings. The number of nitrogens with zero attached hydrogens (tertiary/aromatic N) is 2. The molecule has 0 saturated heterocycles. The van der Waals surface area contributed by atoms with E-state index < -0.39 is 0 Å². The van der Waals surface area contributed by atoms with E-state index in [1.54, 1.807) is 0 Å². The Morgan fingerprint density at radius 3 is 2.61 bits per heavy atom. The third-order valence-electron chi connectivity index (χ3n) is 2.64. The van der Waals surface area contributed by atoms with E-state index in [1.807, 2.05) is 31.2 Å². The molecule has 0 aliphatic heterocycles. The molecule has 2 rings (SSSR count). The Morgan fingerprint density at radius 2 is 2.06 bits per heavy atom. The molecule has 2 N–H and O–H groups in total. The average molecular weight is 246 g/mol. The lowest BCUT2D eigenvalue weighted by Gasteiger charge is -2.16. The number of rotatable bonds is 6. The van der Waals surface area contributed by atoms with Crippen molar-refractivity contribution in [1.82, 2.24) is 20.5 Å². The van der Waals surface area contributed by atoms with Crippen molar-refractivity contribution in [2.24, 2.45) is 0 Å². The second-order valence-electron chi connectivity index (χ2n) is 3.86. The van der Waals surface area contributed by atoms with Gasteiger partial charge in [-0.05, 0) is 31.2 Å². The van der Waals surface area contributed by atoms with Crippen LogP contribution in [0.1, 0.15) is 31.3 Å². The first-order valence-electron chi connectivity index (χ1n) is 6.16. The number of hydrogen-bond donors (Lipinski definition) is 2. The van der Waals surface area contributed by atoms with E-state index in [9.17, 15) is 0 Å². The Balaban J connectivity index is 2.20. The molecule has 1 heterocycles. The zero-order valence-electron chi connectivity index (χ0n) is 10.7. The van der Waals surface area contributed by atoms with Crippen molar-refractivity contribution in [3.8, 4) is 5.75 Å². The maximum atomic E-state index is 5.44. The number of aromatic amines is 1. The standard InChI is InChI=1S/C13H18N4O/c1-3-14-12(13-15-9-16-17-13)10-5-7-11(8-6-10)18-4-2/h5-9,12,14H,3-4H2,1-2H3,(H,15,16,17). The predicted molar refractivity (Wildman–Crippen MR) is 69.5 cm³/mol. The van der Waals surface area contributed by atoms with Crippen molar-refractivity contribution in [3.05, 3.63) is 42.0 Å². The molecular weight excluding hydrogens is 228 g/mol. The minimum atomic E-state index is 0.0353. The summed E-state index contributed by atoms with van der Waals surface area (Å²) in [4.78, 5) is 4.21. The van der Waals surface area contributed by atoms with Crippen LogP contribution in [-0.2, 0) is 0 Å². The maximum Gasteiger partial charge on any atom is 0.145 e. The van der Waals surface area contributed by atoms with Gasteiger partial charge in [0.25, 0.3) is 0 Å². The van der Waals surface area contributed by atoms with Crippen LogP contribution in [-0.4, -0.2) is 28.3 Å². The minimum absolute atomic E-state index is 0.0353. The van der Waals surface area contributed by atoms with Gasteiger partial charge in [0.1, 0.15) is 17.9 Å². The summed E-state index contributed by atoms with van der Waals surface area (Å²) in [6.07, 6.45) is 1.52. The van der Waals surface area contributed by atoms with E-state index in [2.05, 4.69) is 27.4 Å². The fourth-order valence-corrected chi connectivity index (χ4v) is 1.85. The van der Waals surface area contributed by atoms with E-state index in [1.165, 1.54) is 6.33 Å². The van der Waals surface area contributed by atoms with Crippen molar-refractivity contribution >= 4 is 0 Å². The van der Waals surface area contributed by atoms with Gasteiger partial charge in [-0.25, -0.2) is 4.98 Å². The van der Waals surface area contributed by atoms with Crippen LogP contribution < -0.4 is 10.1 Å². The van der Waals surface area contributed by atoms with E-state index in [-0.39, 0.29) is 6.04 Å². The molecule has 5 nitrogen and oxygen atoms in total. The van der Waals surface area contributed by atoms with E-state index in [0.717, 1.165) is 23.7 Å². The normalized spacial score (nSPS) is 12.3. The molecule has 0 spiro atoms. The predicted octanol–water partition coefficient (Wildman–Crippen LogP) is 1.90. The molecule has 0 aliphatic rings. The van der Waals surface area contributed by atoms with Gasteiger partial charge in [0.15, 0.2) is 0 Å². The number of aromatic nitrogens is 3. The highest BCUT2D eigenvalue weighted by atomic mass is 16.5. The van der Waals surface area contributed by atoms with E-state index >= 15 is 0 Å². The zero-order chi connectivity index (χ0) is 12.8. The van der Waals surface area contributed by atoms with E-state index in [0.29, 0.717) is 6.61 Å². The molecule has 1 aromatic heterocycles. The SMILES string of the molecule is CCNC(c1ccc(OCC)cc1)c1ncn[nH]1. The van der Waals surface area contributed by atoms with Gasteiger partial charge in [0, 0.05) is 0 Å². The topological polar surface area (TPSA) is 62.8 Å². The summed E-state index contributed by atoms with van der Waals surface area (Å²) in [5.74, 6) is 1.70. The molecule has 18 heavy (non-hydrogen) atoms. The van der Waals surface area contributed by atoms with Gasteiger partial charge in [0.05, 0.1) is 12.6 Å². The molecule has 0 radical (unpaired) electrons. The first-order chi connectivity index (χ1) is 8.85. The van der Waals surface area contributed by atoms with E-state index in [4.69, 9.17) is 4.74 Å². The van der Waals surface area contributed by atoms with Crippen molar-refractivity contribution in [2.75, 3.05) is 13.2 Å². The van der Waals surface area contributed by atoms with Crippen LogP contribution in [0.25, 0.3) is 0 Å². The van der Waals surface area contributed by atoms with Gasteiger partial charge in [-0.15, -0.1) is 0 Å². The average Bonchev–Trinajstić information content (AvgIpc) is 2.91. The van der Waals surface area contributed by atoms with Crippen molar-refractivity contribution in [3.63, 3.8) is 0 Å². The molecule has 0 saturated carbocycles. The third-order valence-corrected chi connectivity index (χ3v) is 2.64. The Hall–Kier alpha value is -1.88. The van der Waals surface area contributed by atoms with Gasteiger partial charge in [-0.1, -0.05) is 19.1 Å². The van der Waals surface area contributed by atoms with Crippen molar-refractivity contribution in [1.29, 1.82) is 0 Å². The number of ether oxygens (including phenoxy) is 1. The van der Waals surface area contributed by atoms with Crippen LogP contribution in [0.15, 0.2) is 30.6 Å². The van der Waals surface area contributed by atoms with Crippen LogP contribution >= 0.6 is 0 Å². The fourth-order valence-electron chi connectivity index (χ4n) is 1.85. The molecule has 1 unspecified atom stereocenters. The van der Waals surface area contributed by atoms with Crippen LogP contribution in [0.2, 0.25) is 0 Å². The highest BCUT2D eigenvalue weighted by Crippen LogP contribution is 2.21. The molecule has 0 aliphatic carbocycles. The summed E-state index contributed by atoms with van der Waals surface area (Å²) < 4.78 is 5.44. The van der Waals surface area contributed by atoms with Gasteiger partial charge in [0.2, 0.25) is 0 Å². The number of hydrogen-bond acceptors (Lipinski definition) is 4. The molecule has 96 valence electrons. The quantitative estimate of drug-likeness (QED) is 0.817.